The average molecular weight is 510 g/mol. The van der Waals surface area contributed by atoms with Gasteiger partial charge in [0.25, 0.3) is 0 Å². The third-order valence-corrected chi connectivity index (χ3v) is 8.07. The van der Waals surface area contributed by atoms with Gasteiger partial charge in [-0.1, -0.05) is 80.1 Å². The largest absolute Gasteiger partial charge is 0.371 e. The lowest BCUT2D eigenvalue weighted by Crippen LogP contribution is -2.34. The third kappa shape index (κ3) is 8.69. The highest BCUT2D eigenvalue weighted by Gasteiger charge is 2.19. The lowest BCUT2D eigenvalue weighted by Gasteiger charge is -2.33. The molecular formula is C30H47N5S. The van der Waals surface area contributed by atoms with E-state index in [1.807, 2.05) is 6.92 Å². The molecule has 0 aliphatic carbocycles. The molecular weight excluding hydrogens is 462 g/mol. The lowest BCUT2D eigenvalue weighted by atomic mass is 9.94. The molecule has 0 amide bonds. The summed E-state index contributed by atoms with van der Waals surface area (Å²) in [5.74, 6) is 1.76. The van der Waals surface area contributed by atoms with Crippen molar-refractivity contribution in [3.05, 3.63) is 35.0 Å². The minimum Gasteiger partial charge on any atom is -0.371 e. The maximum Gasteiger partial charge on any atom is 0.176 e. The van der Waals surface area contributed by atoms with E-state index in [0.29, 0.717) is 22.2 Å². The Balaban J connectivity index is 2.39. The summed E-state index contributed by atoms with van der Waals surface area (Å²) in [6, 6.07) is 8.88. The number of rotatable bonds is 16. The molecule has 36 heavy (non-hydrogen) atoms. The van der Waals surface area contributed by atoms with Gasteiger partial charge in [-0.25, -0.2) is 0 Å². The van der Waals surface area contributed by atoms with Gasteiger partial charge in [0.1, 0.15) is 11.6 Å². The molecule has 0 radical (unpaired) electrons. The van der Waals surface area contributed by atoms with Crippen LogP contribution in [0.5, 0.6) is 0 Å². The number of nitriles is 1. The summed E-state index contributed by atoms with van der Waals surface area (Å²) in [7, 11) is 0. The second-order valence-corrected chi connectivity index (χ2v) is 11.1. The molecule has 0 saturated heterocycles. The lowest BCUT2D eigenvalue weighted by molar-refractivity contribution is 0.403. The van der Waals surface area contributed by atoms with Crippen LogP contribution in [0.25, 0.3) is 0 Å². The summed E-state index contributed by atoms with van der Waals surface area (Å²) in [5.41, 5.74) is 4.61. The fourth-order valence-corrected chi connectivity index (χ4v) is 5.37. The Kier molecular flexibility index (Phi) is 13.1. The number of aromatic nitrogens is 1. The van der Waals surface area contributed by atoms with E-state index in [1.165, 1.54) is 74.1 Å². The topological polar surface area (TPSA) is 64.6 Å². The maximum absolute atomic E-state index is 9.43. The van der Waals surface area contributed by atoms with Crippen molar-refractivity contribution in [2.75, 3.05) is 18.0 Å². The number of benzene rings is 1. The molecule has 2 aromatic rings. The van der Waals surface area contributed by atoms with Crippen LogP contribution < -0.4 is 4.90 Å². The van der Waals surface area contributed by atoms with Gasteiger partial charge in [-0.05, 0) is 72.8 Å². The van der Waals surface area contributed by atoms with Crippen molar-refractivity contribution in [3.63, 3.8) is 0 Å². The zero-order valence-electron chi connectivity index (χ0n) is 23.7. The van der Waals surface area contributed by atoms with Crippen LogP contribution in [0.4, 0.5) is 16.4 Å². The number of hydrogen-bond acceptors (Lipinski definition) is 6. The molecule has 0 N–H and O–H groups in total. The number of unbranched alkanes of at least 4 members (excludes halogenated alkanes) is 2. The molecule has 2 rings (SSSR count). The first kappa shape index (κ1) is 30.0. The zero-order chi connectivity index (χ0) is 26.5. The Bertz CT molecular complexity index is 970. The third-order valence-electron chi connectivity index (χ3n) is 7.25. The predicted molar refractivity (Wildman–Crippen MR) is 155 cm³/mol. The van der Waals surface area contributed by atoms with E-state index in [9.17, 15) is 5.26 Å². The first-order chi connectivity index (χ1) is 17.4. The molecule has 0 fully saturated rings. The van der Waals surface area contributed by atoms with Crippen molar-refractivity contribution in [2.45, 2.75) is 106 Å². The van der Waals surface area contributed by atoms with Gasteiger partial charge in [0, 0.05) is 18.8 Å². The average Bonchev–Trinajstić information content (AvgIpc) is 3.25. The Morgan fingerprint density at radius 2 is 1.58 bits per heavy atom. The van der Waals surface area contributed by atoms with E-state index in [-0.39, 0.29) is 0 Å². The van der Waals surface area contributed by atoms with Gasteiger partial charge in [-0.15, -0.1) is 10.2 Å². The smallest absolute Gasteiger partial charge is 0.176 e. The van der Waals surface area contributed by atoms with Gasteiger partial charge < -0.3 is 4.90 Å². The molecule has 2 unspecified atom stereocenters. The summed E-state index contributed by atoms with van der Waals surface area (Å²) in [4.78, 5) is 2.65. The first-order valence-corrected chi connectivity index (χ1v) is 14.8. The summed E-state index contributed by atoms with van der Waals surface area (Å²) < 4.78 is 4.27. The zero-order valence-corrected chi connectivity index (χ0v) is 24.5. The fourth-order valence-electron chi connectivity index (χ4n) is 4.69. The SMILES string of the molecule is CCCCC(CC)CN(CC(CC)CCCC)c1ccc(/N=N/c2snc(C)c2C#N)c(C(C)C)c1. The molecule has 5 nitrogen and oxygen atoms in total. The fraction of sp³-hybridized carbons (Fsp3) is 0.667. The van der Waals surface area contributed by atoms with Crippen LogP contribution in [-0.4, -0.2) is 17.5 Å². The van der Waals surface area contributed by atoms with Crippen LogP contribution in [0, 0.1) is 30.1 Å². The number of azo groups is 1. The molecule has 0 bridgehead atoms. The molecule has 1 heterocycles. The van der Waals surface area contributed by atoms with Gasteiger partial charge in [0.15, 0.2) is 5.00 Å². The van der Waals surface area contributed by atoms with E-state index in [0.717, 1.165) is 30.6 Å². The Morgan fingerprint density at radius 1 is 0.972 bits per heavy atom. The van der Waals surface area contributed by atoms with Gasteiger partial charge in [-0.2, -0.15) is 9.64 Å². The van der Waals surface area contributed by atoms with Crippen LogP contribution >= 0.6 is 11.5 Å². The quantitative estimate of drug-likeness (QED) is 0.211. The van der Waals surface area contributed by atoms with E-state index < -0.39 is 0 Å². The number of anilines is 1. The summed E-state index contributed by atoms with van der Waals surface area (Å²) >= 11 is 1.23. The highest BCUT2D eigenvalue weighted by molar-refractivity contribution is 7.10. The summed E-state index contributed by atoms with van der Waals surface area (Å²) in [6.07, 6.45) is 10.2. The Labute approximate surface area is 224 Å². The maximum atomic E-state index is 9.43. The normalized spacial score (nSPS) is 13.3. The molecule has 2 atom stereocenters. The van der Waals surface area contributed by atoms with Gasteiger partial charge in [0.2, 0.25) is 0 Å². The van der Waals surface area contributed by atoms with Crippen LogP contribution in [0.15, 0.2) is 28.4 Å². The van der Waals surface area contributed by atoms with Crippen LogP contribution in [-0.2, 0) is 0 Å². The molecule has 0 aliphatic rings. The van der Waals surface area contributed by atoms with Crippen molar-refractivity contribution >= 4 is 27.9 Å². The monoisotopic (exact) mass is 509 g/mol. The van der Waals surface area contributed by atoms with Crippen molar-refractivity contribution in [1.82, 2.24) is 4.37 Å². The van der Waals surface area contributed by atoms with E-state index >= 15 is 0 Å². The minimum absolute atomic E-state index is 0.323. The van der Waals surface area contributed by atoms with Gasteiger partial charge in [0.05, 0.1) is 11.4 Å². The van der Waals surface area contributed by atoms with Gasteiger partial charge in [-0.3, -0.25) is 0 Å². The second-order valence-electron chi connectivity index (χ2n) is 10.4. The van der Waals surface area contributed by atoms with E-state index in [2.05, 4.69) is 85.3 Å². The number of hydrogen-bond donors (Lipinski definition) is 0. The molecule has 6 heteroatoms. The summed E-state index contributed by atoms with van der Waals surface area (Å²) in [6.45, 7) is 17.8. The Hall–Kier alpha value is -2.26. The molecule has 0 spiro atoms. The van der Waals surface area contributed by atoms with Crippen molar-refractivity contribution in [3.8, 4) is 6.07 Å². The van der Waals surface area contributed by atoms with Crippen LogP contribution in [0.2, 0.25) is 0 Å². The number of nitrogens with zero attached hydrogens (tertiary/aromatic N) is 5. The molecule has 1 aromatic carbocycles. The van der Waals surface area contributed by atoms with Crippen molar-refractivity contribution in [2.24, 2.45) is 22.1 Å². The highest BCUT2D eigenvalue weighted by Crippen LogP contribution is 2.35. The van der Waals surface area contributed by atoms with E-state index in [4.69, 9.17) is 0 Å². The Morgan fingerprint density at radius 3 is 2.08 bits per heavy atom. The summed E-state index contributed by atoms with van der Waals surface area (Å²) in [5, 5.41) is 19.0. The number of aryl methyl sites for hydroxylation is 1. The molecule has 0 saturated carbocycles. The van der Waals surface area contributed by atoms with Crippen LogP contribution in [0.3, 0.4) is 0 Å². The van der Waals surface area contributed by atoms with Crippen LogP contribution in [0.1, 0.15) is 116 Å². The van der Waals surface area contributed by atoms with Crippen molar-refractivity contribution < 1.29 is 0 Å². The first-order valence-electron chi connectivity index (χ1n) is 14.0. The molecule has 0 aliphatic heterocycles. The van der Waals surface area contributed by atoms with E-state index in [1.54, 1.807) is 0 Å². The van der Waals surface area contributed by atoms with Crippen molar-refractivity contribution in [1.29, 1.82) is 5.26 Å². The standard InChI is InChI=1S/C30H47N5S/c1-8-12-14-24(10-3)20-35(21-25(11-4)15-13-9-2)26-16-17-29(27(18-26)22(5)6)32-33-30-28(19-31)23(7)34-36-30/h16-18,22,24-25H,8-15,20-21H2,1-7H3/b33-32+. The molecule has 1 aromatic heterocycles. The molecule has 198 valence electrons. The predicted octanol–water partition coefficient (Wildman–Crippen LogP) is 10.1. The minimum atomic E-state index is 0.323. The second kappa shape index (κ2) is 15.8. The highest BCUT2D eigenvalue weighted by atomic mass is 32.1. The van der Waals surface area contributed by atoms with Gasteiger partial charge >= 0.3 is 0 Å².